The molecule has 2 N–H and O–H groups in total. The molecule has 2 heterocycles. The maximum absolute atomic E-state index is 11.9. The van der Waals surface area contributed by atoms with Crippen molar-refractivity contribution in [3.05, 3.63) is 57.6 Å². The summed E-state index contributed by atoms with van der Waals surface area (Å²) in [6.07, 6.45) is 1.97. The Bertz CT molecular complexity index is 648. The van der Waals surface area contributed by atoms with Crippen LogP contribution in [-0.2, 0) is 6.42 Å². The van der Waals surface area contributed by atoms with Crippen LogP contribution in [0.3, 0.4) is 0 Å². The summed E-state index contributed by atoms with van der Waals surface area (Å²) >= 11 is 11.8. The quantitative estimate of drug-likeness (QED) is 0.516. The van der Waals surface area contributed by atoms with Gasteiger partial charge in [-0.1, -0.05) is 34.5 Å². The first kappa shape index (κ1) is 14.4. The van der Waals surface area contributed by atoms with Gasteiger partial charge in [-0.05, 0) is 18.2 Å². The summed E-state index contributed by atoms with van der Waals surface area (Å²) < 4.78 is 0. The average Bonchev–Trinajstić information content (AvgIpc) is 2.43. The zero-order chi connectivity index (χ0) is 14.5. The molecular weight excluding hydrogens is 301 g/mol. The van der Waals surface area contributed by atoms with Crippen LogP contribution in [0.1, 0.15) is 21.6 Å². The second-order valence-electron chi connectivity index (χ2n) is 3.81. The molecule has 0 radical (unpaired) electrons. The molecule has 0 atom stereocenters. The van der Waals surface area contributed by atoms with Gasteiger partial charge in [0.2, 0.25) is 0 Å². The predicted molar refractivity (Wildman–Crippen MR) is 73.9 cm³/mol. The predicted octanol–water partition coefficient (Wildman–Crippen LogP) is 3.05. The molecule has 0 aliphatic rings. The lowest BCUT2D eigenvalue weighted by molar-refractivity contribution is 0.0949. The molecule has 2 rings (SSSR count). The summed E-state index contributed by atoms with van der Waals surface area (Å²) in [5, 5.41) is 3.06. The molecule has 0 aromatic carbocycles. The number of hydrogen-bond acceptors (Lipinski definition) is 5. The Morgan fingerprint density at radius 2 is 2.20 bits per heavy atom. The molecule has 0 unspecified atom stereocenters. The van der Waals surface area contributed by atoms with E-state index in [2.05, 4.69) is 15.2 Å². The minimum absolute atomic E-state index is 0.0925. The largest absolute Gasteiger partial charge is 0.273 e. The molecule has 1 amide bonds. The first-order chi connectivity index (χ1) is 9.61. The molecule has 102 valence electrons. The Balaban J connectivity index is 2.45. The third kappa shape index (κ3) is 3.28. The molecular formula is C12H9Cl2N5O. The smallest absolute Gasteiger partial charge is 0.267 e. The van der Waals surface area contributed by atoms with Crippen molar-refractivity contribution in [1.82, 2.24) is 15.4 Å². The number of nitrogens with one attached hydrogen (secondary N) is 2. The number of carbonyl (C=O) groups excluding carboxylic acids is 1. The van der Waals surface area contributed by atoms with E-state index in [0.29, 0.717) is 12.0 Å². The van der Waals surface area contributed by atoms with Crippen LogP contribution in [0.15, 0.2) is 35.7 Å². The Kier molecular flexibility index (Phi) is 4.60. The highest BCUT2D eigenvalue weighted by Crippen LogP contribution is 2.24. The molecule has 2 aromatic rings. The van der Waals surface area contributed by atoms with Gasteiger partial charge in [-0.25, -0.2) is 10.4 Å². The summed E-state index contributed by atoms with van der Waals surface area (Å²) in [4.78, 5) is 20.0. The standard InChI is InChI=1S/C12H9Cl2N5O/c13-10-6-9(12(20)18-19-15)8(11(14)17-10)5-7-3-1-2-4-16-7/h1-4,6H,5H2,(H2,15,18,20). The van der Waals surface area contributed by atoms with Crippen molar-refractivity contribution < 1.29 is 4.79 Å². The summed E-state index contributed by atoms with van der Waals surface area (Å²) in [7, 11) is 0. The normalized spacial score (nSPS) is 10.1. The van der Waals surface area contributed by atoms with Crippen LogP contribution in [-0.4, -0.2) is 15.9 Å². The van der Waals surface area contributed by atoms with E-state index in [1.165, 1.54) is 6.07 Å². The number of carbonyl (C=O) groups is 1. The minimum Gasteiger partial charge on any atom is -0.267 e. The fourth-order valence-corrected chi connectivity index (χ4v) is 2.17. The number of rotatable bonds is 4. The molecule has 20 heavy (non-hydrogen) atoms. The monoisotopic (exact) mass is 309 g/mol. The van der Waals surface area contributed by atoms with Crippen LogP contribution in [0.4, 0.5) is 0 Å². The van der Waals surface area contributed by atoms with Gasteiger partial charge in [0, 0.05) is 23.9 Å². The molecule has 0 spiro atoms. The SMILES string of the molecule is N=NNC(=O)c1cc(Cl)nc(Cl)c1Cc1ccccn1. The first-order valence-corrected chi connectivity index (χ1v) is 6.29. The average molecular weight is 310 g/mol. The summed E-state index contributed by atoms with van der Waals surface area (Å²) in [6.45, 7) is 0. The second kappa shape index (κ2) is 6.40. The van der Waals surface area contributed by atoms with Crippen LogP contribution in [0.2, 0.25) is 10.3 Å². The lowest BCUT2D eigenvalue weighted by atomic mass is 10.0. The van der Waals surface area contributed by atoms with Gasteiger partial charge in [0.1, 0.15) is 10.3 Å². The molecule has 0 aliphatic carbocycles. The van der Waals surface area contributed by atoms with Gasteiger partial charge >= 0.3 is 0 Å². The number of hydrogen-bond donors (Lipinski definition) is 2. The Morgan fingerprint density at radius 1 is 1.40 bits per heavy atom. The maximum Gasteiger partial charge on any atom is 0.273 e. The number of pyridine rings is 2. The molecule has 0 aliphatic heterocycles. The highest BCUT2D eigenvalue weighted by atomic mass is 35.5. The Morgan fingerprint density at radius 3 is 2.85 bits per heavy atom. The number of aromatic nitrogens is 2. The third-order valence-electron chi connectivity index (χ3n) is 2.53. The van der Waals surface area contributed by atoms with Crippen LogP contribution >= 0.6 is 23.2 Å². The molecule has 0 saturated heterocycles. The van der Waals surface area contributed by atoms with E-state index in [9.17, 15) is 4.79 Å². The van der Waals surface area contributed by atoms with Crippen molar-refractivity contribution in [2.45, 2.75) is 6.42 Å². The highest BCUT2D eigenvalue weighted by molar-refractivity contribution is 6.33. The zero-order valence-electron chi connectivity index (χ0n) is 10.1. The topological polar surface area (TPSA) is 91.1 Å². The fourth-order valence-electron chi connectivity index (χ4n) is 1.68. The summed E-state index contributed by atoms with van der Waals surface area (Å²) in [6, 6.07) is 6.81. The van der Waals surface area contributed by atoms with Crippen molar-refractivity contribution >= 4 is 29.1 Å². The molecule has 6 nitrogen and oxygen atoms in total. The Hall–Kier alpha value is -2.05. The van der Waals surface area contributed by atoms with Gasteiger partial charge in [0.25, 0.3) is 5.91 Å². The Labute approximate surface area is 124 Å². The van der Waals surface area contributed by atoms with Crippen molar-refractivity contribution in [2.24, 2.45) is 5.22 Å². The number of halogens is 2. The first-order valence-electron chi connectivity index (χ1n) is 5.53. The third-order valence-corrected chi connectivity index (χ3v) is 3.03. The molecule has 0 bridgehead atoms. The van der Waals surface area contributed by atoms with Gasteiger partial charge in [0.15, 0.2) is 0 Å². The van der Waals surface area contributed by atoms with E-state index in [0.717, 1.165) is 5.69 Å². The molecule has 2 aromatic heterocycles. The lowest BCUT2D eigenvalue weighted by Crippen LogP contribution is -2.19. The second-order valence-corrected chi connectivity index (χ2v) is 4.56. The lowest BCUT2D eigenvalue weighted by Gasteiger charge is -2.09. The van der Waals surface area contributed by atoms with Gasteiger partial charge in [-0.2, -0.15) is 5.53 Å². The van der Waals surface area contributed by atoms with E-state index < -0.39 is 5.91 Å². The van der Waals surface area contributed by atoms with Gasteiger partial charge in [-0.15, -0.1) is 0 Å². The molecule has 0 fully saturated rings. The fraction of sp³-hybridized carbons (Fsp3) is 0.0833. The number of nitrogens with zero attached hydrogens (tertiary/aromatic N) is 3. The van der Waals surface area contributed by atoms with Crippen molar-refractivity contribution in [3.63, 3.8) is 0 Å². The van der Waals surface area contributed by atoms with Crippen LogP contribution in [0, 0.1) is 5.53 Å². The zero-order valence-corrected chi connectivity index (χ0v) is 11.6. The van der Waals surface area contributed by atoms with E-state index in [4.69, 9.17) is 28.7 Å². The molecule has 8 heteroatoms. The van der Waals surface area contributed by atoms with E-state index in [1.54, 1.807) is 12.3 Å². The number of amides is 1. The van der Waals surface area contributed by atoms with E-state index in [1.807, 2.05) is 17.6 Å². The van der Waals surface area contributed by atoms with Crippen LogP contribution < -0.4 is 5.43 Å². The summed E-state index contributed by atoms with van der Waals surface area (Å²) in [5.74, 6) is -0.572. The summed E-state index contributed by atoms with van der Waals surface area (Å²) in [5.41, 5.74) is 10.1. The maximum atomic E-state index is 11.9. The van der Waals surface area contributed by atoms with Crippen molar-refractivity contribution in [2.75, 3.05) is 0 Å². The van der Waals surface area contributed by atoms with Gasteiger partial charge < -0.3 is 0 Å². The van der Waals surface area contributed by atoms with Crippen molar-refractivity contribution in [1.29, 1.82) is 5.53 Å². The van der Waals surface area contributed by atoms with Crippen molar-refractivity contribution in [3.8, 4) is 0 Å². The minimum atomic E-state index is -0.572. The van der Waals surface area contributed by atoms with Crippen LogP contribution in [0.25, 0.3) is 0 Å². The van der Waals surface area contributed by atoms with E-state index in [-0.39, 0.29) is 15.9 Å². The molecule has 0 saturated carbocycles. The van der Waals surface area contributed by atoms with Crippen LogP contribution in [0.5, 0.6) is 0 Å². The van der Waals surface area contributed by atoms with E-state index >= 15 is 0 Å². The van der Waals surface area contributed by atoms with Gasteiger partial charge in [0.05, 0.1) is 5.56 Å². The van der Waals surface area contributed by atoms with Gasteiger partial charge in [-0.3, -0.25) is 9.78 Å². The highest BCUT2D eigenvalue weighted by Gasteiger charge is 2.17.